The van der Waals surface area contributed by atoms with Gasteiger partial charge in [-0.15, -0.1) is 0 Å². The van der Waals surface area contributed by atoms with Crippen LogP contribution in [0, 0.1) is 17.1 Å². The molecule has 0 N–H and O–H groups in total. The quantitative estimate of drug-likeness (QED) is 0.829. The van der Waals surface area contributed by atoms with E-state index in [0.29, 0.717) is 11.3 Å². The third kappa shape index (κ3) is 2.51. The minimum Gasteiger partial charge on any atom is -0.227 e. The molecule has 0 saturated heterocycles. The summed E-state index contributed by atoms with van der Waals surface area (Å²) in [5.74, 6) is -0.207. The van der Waals surface area contributed by atoms with Gasteiger partial charge in [-0.05, 0) is 24.1 Å². The van der Waals surface area contributed by atoms with Gasteiger partial charge in [0.05, 0.1) is 5.69 Å². The molecule has 0 atom stereocenters. The van der Waals surface area contributed by atoms with Crippen LogP contribution in [-0.4, -0.2) is 9.97 Å². The van der Waals surface area contributed by atoms with E-state index in [-0.39, 0.29) is 11.6 Å². The Morgan fingerprint density at radius 3 is 2.89 bits per heavy atom. The van der Waals surface area contributed by atoms with E-state index in [9.17, 15) is 4.39 Å². The van der Waals surface area contributed by atoms with E-state index in [4.69, 9.17) is 5.26 Å². The highest BCUT2D eigenvalue weighted by Crippen LogP contribution is 2.22. The maximum absolute atomic E-state index is 13.2. The highest BCUT2D eigenvalue weighted by atomic mass is 19.1. The molecule has 4 heteroatoms. The summed E-state index contributed by atoms with van der Waals surface area (Å²) >= 11 is 0. The fourth-order valence-electron chi connectivity index (χ4n) is 1.80. The van der Waals surface area contributed by atoms with Gasteiger partial charge in [-0.1, -0.05) is 25.5 Å². The van der Waals surface area contributed by atoms with Gasteiger partial charge in [0.2, 0.25) is 5.82 Å². The zero-order chi connectivity index (χ0) is 13.0. The second kappa shape index (κ2) is 5.37. The molecule has 90 valence electrons. The van der Waals surface area contributed by atoms with Crippen LogP contribution in [0.2, 0.25) is 0 Å². The molecule has 0 bridgehead atoms. The second-order valence-electron chi connectivity index (χ2n) is 3.94. The number of halogens is 1. The molecular weight excluding hydrogens is 229 g/mol. The van der Waals surface area contributed by atoms with Gasteiger partial charge in [-0.2, -0.15) is 5.26 Å². The first-order valence-corrected chi connectivity index (χ1v) is 5.76. The maximum Gasteiger partial charge on any atom is 0.232 e. The molecular formula is C14H12FN3. The molecule has 0 spiro atoms. The van der Waals surface area contributed by atoms with E-state index in [1.54, 1.807) is 18.3 Å². The van der Waals surface area contributed by atoms with Crippen LogP contribution in [0.1, 0.15) is 24.7 Å². The Bertz CT molecular complexity index is 602. The normalized spacial score (nSPS) is 10.1. The Hall–Kier alpha value is -2.28. The first kappa shape index (κ1) is 12.2. The van der Waals surface area contributed by atoms with E-state index in [0.717, 1.165) is 18.4 Å². The third-order valence-electron chi connectivity index (χ3n) is 2.58. The molecule has 0 fully saturated rings. The van der Waals surface area contributed by atoms with Gasteiger partial charge in [-0.25, -0.2) is 14.4 Å². The Morgan fingerprint density at radius 1 is 1.39 bits per heavy atom. The van der Waals surface area contributed by atoms with Crippen molar-refractivity contribution in [3.05, 3.63) is 47.7 Å². The number of aromatic nitrogens is 2. The SMILES string of the molecule is CCCc1cnc(C#N)nc1-c1cccc(F)c1. The summed E-state index contributed by atoms with van der Waals surface area (Å²) in [6.07, 6.45) is 3.39. The Morgan fingerprint density at radius 2 is 2.22 bits per heavy atom. The zero-order valence-electron chi connectivity index (χ0n) is 10.0. The number of nitriles is 1. The highest BCUT2D eigenvalue weighted by Gasteiger charge is 2.09. The summed E-state index contributed by atoms with van der Waals surface area (Å²) in [6, 6.07) is 8.13. The topological polar surface area (TPSA) is 49.6 Å². The minimum atomic E-state index is -0.313. The summed E-state index contributed by atoms with van der Waals surface area (Å²) in [5.41, 5.74) is 2.25. The predicted molar refractivity (Wildman–Crippen MR) is 66.1 cm³/mol. The van der Waals surface area contributed by atoms with Crippen LogP contribution in [0.15, 0.2) is 30.5 Å². The maximum atomic E-state index is 13.2. The number of benzene rings is 1. The molecule has 2 rings (SSSR count). The number of nitrogens with zero attached hydrogens (tertiary/aromatic N) is 3. The predicted octanol–water partition coefficient (Wildman–Crippen LogP) is 3.11. The summed E-state index contributed by atoms with van der Waals surface area (Å²) in [5, 5.41) is 8.84. The molecule has 0 unspecified atom stereocenters. The summed E-state index contributed by atoms with van der Waals surface area (Å²) in [7, 11) is 0. The summed E-state index contributed by atoms with van der Waals surface area (Å²) in [4.78, 5) is 8.14. The van der Waals surface area contributed by atoms with Crippen molar-refractivity contribution in [3.63, 3.8) is 0 Å². The van der Waals surface area contributed by atoms with Crippen molar-refractivity contribution in [1.29, 1.82) is 5.26 Å². The van der Waals surface area contributed by atoms with Crippen molar-refractivity contribution in [1.82, 2.24) is 9.97 Å². The number of aryl methyl sites for hydroxylation is 1. The van der Waals surface area contributed by atoms with Crippen LogP contribution in [-0.2, 0) is 6.42 Å². The van der Waals surface area contributed by atoms with Gasteiger partial charge >= 0.3 is 0 Å². The van der Waals surface area contributed by atoms with E-state index < -0.39 is 0 Å². The van der Waals surface area contributed by atoms with Crippen LogP contribution in [0.25, 0.3) is 11.3 Å². The number of hydrogen-bond acceptors (Lipinski definition) is 3. The minimum absolute atomic E-state index is 0.106. The molecule has 0 aliphatic heterocycles. The van der Waals surface area contributed by atoms with Crippen molar-refractivity contribution in [2.24, 2.45) is 0 Å². The van der Waals surface area contributed by atoms with Crippen LogP contribution < -0.4 is 0 Å². The van der Waals surface area contributed by atoms with Crippen molar-refractivity contribution < 1.29 is 4.39 Å². The molecule has 2 aromatic rings. The third-order valence-corrected chi connectivity index (χ3v) is 2.58. The standard InChI is InChI=1S/C14H12FN3/c1-2-4-11-9-17-13(8-16)18-14(11)10-5-3-6-12(15)7-10/h3,5-7,9H,2,4H2,1H3. The van der Waals surface area contributed by atoms with Gasteiger partial charge < -0.3 is 0 Å². The van der Waals surface area contributed by atoms with Gasteiger partial charge in [-0.3, -0.25) is 0 Å². The van der Waals surface area contributed by atoms with Crippen molar-refractivity contribution >= 4 is 0 Å². The average molecular weight is 241 g/mol. The van der Waals surface area contributed by atoms with E-state index in [1.807, 2.05) is 13.0 Å². The lowest BCUT2D eigenvalue weighted by molar-refractivity contribution is 0.628. The lowest BCUT2D eigenvalue weighted by atomic mass is 10.0. The smallest absolute Gasteiger partial charge is 0.227 e. The van der Waals surface area contributed by atoms with Crippen LogP contribution >= 0.6 is 0 Å². The Balaban J connectivity index is 2.56. The van der Waals surface area contributed by atoms with E-state index >= 15 is 0 Å². The van der Waals surface area contributed by atoms with Crippen LogP contribution in [0.4, 0.5) is 4.39 Å². The fraction of sp³-hybridized carbons (Fsp3) is 0.214. The largest absolute Gasteiger partial charge is 0.232 e. The molecule has 1 heterocycles. The molecule has 0 aliphatic carbocycles. The lowest BCUT2D eigenvalue weighted by Crippen LogP contribution is -1.99. The molecule has 18 heavy (non-hydrogen) atoms. The van der Waals surface area contributed by atoms with E-state index in [2.05, 4.69) is 9.97 Å². The van der Waals surface area contributed by atoms with E-state index in [1.165, 1.54) is 12.1 Å². The molecule has 1 aromatic carbocycles. The molecule has 0 aliphatic rings. The first-order chi connectivity index (χ1) is 8.74. The van der Waals surface area contributed by atoms with Gasteiger partial charge in [0.15, 0.2) is 0 Å². The van der Waals surface area contributed by atoms with Crippen LogP contribution in [0.5, 0.6) is 0 Å². The van der Waals surface area contributed by atoms with Gasteiger partial charge in [0.25, 0.3) is 0 Å². The second-order valence-corrected chi connectivity index (χ2v) is 3.94. The number of rotatable bonds is 3. The van der Waals surface area contributed by atoms with Crippen molar-refractivity contribution in [2.75, 3.05) is 0 Å². The van der Waals surface area contributed by atoms with Crippen molar-refractivity contribution in [2.45, 2.75) is 19.8 Å². The lowest BCUT2D eigenvalue weighted by Gasteiger charge is -2.07. The van der Waals surface area contributed by atoms with Gasteiger partial charge in [0, 0.05) is 11.8 Å². The van der Waals surface area contributed by atoms with Crippen LogP contribution in [0.3, 0.4) is 0 Å². The monoisotopic (exact) mass is 241 g/mol. The first-order valence-electron chi connectivity index (χ1n) is 5.76. The molecule has 0 amide bonds. The Labute approximate surface area is 105 Å². The molecule has 3 nitrogen and oxygen atoms in total. The fourth-order valence-corrected chi connectivity index (χ4v) is 1.80. The molecule has 0 saturated carbocycles. The Kier molecular flexibility index (Phi) is 3.63. The zero-order valence-corrected chi connectivity index (χ0v) is 10.0. The average Bonchev–Trinajstić information content (AvgIpc) is 2.39. The number of hydrogen-bond donors (Lipinski definition) is 0. The van der Waals surface area contributed by atoms with Crippen molar-refractivity contribution in [3.8, 4) is 17.3 Å². The molecule has 1 aromatic heterocycles. The highest BCUT2D eigenvalue weighted by molar-refractivity contribution is 5.63. The summed E-state index contributed by atoms with van der Waals surface area (Å²) in [6.45, 7) is 2.05. The molecule has 0 radical (unpaired) electrons. The summed E-state index contributed by atoms with van der Waals surface area (Å²) < 4.78 is 13.2. The van der Waals surface area contributed by atoms with Gasteiger partial charge in [0.1, 0.15) is 11.9 Å².